The van der Waals surface area contributed by atoms with E-state index < -0.39 is 11.6 Å². The van der Waals surface area contributed by atoms with E-state index in [0.29, 0.717) is 5.56 Å². The summed E-state index contributed by atoms with van der Waals surface area (Å²) in [4.78, 5) is 0. The first-order valence-electron chi connectivity index (χ1n) is 3.91. The second kappa shape index (κ2) is 5.12. The van der Waals surface area contributed by atoms with Crippen LogP contribution in [0.3, 0.4) is 0 Å². The van der Waals surface area contributed by atoms with Gasteiger partial charge >= 0.3 is 0 Å². The fraction of sp³-hybridized carbons (Fsp3) is 0.200. The lowest BCUT2D eigenvalue weighted by molar-refractivity contribution is 0.508. The SMILES string of the molecule is Fc1ccc(C=CCCBr)cc1F. The number of hydrogen-bond acceptors (Lipinski definition) is 0. The highest BCUT2D eigenvalue weighted by Crippen LogP contribution is 2.10. The molecule has 13 heavy (non-hydrogen) atoms. The molecule has 0 spiro atoms. The minimum atomic E-state index is -0.808. The van der Waals surface area contributed by atoms with E-state index in [-0.39, 0.29) is 0 Å². The minimum absolute atomic E-state index is 0.680. The monoisotopic (exact) mass is 246 g/mol. The van der Waals surface area contributed by atoms with E-state index in [1.807, 2.05) is 6.08 Å². The molecule has 0 aromatic heterocycles. The fourth-order valence-corrected chi connectivity index (χ4v) is 1.16. The Morgan fingerprint density at radius 2 is 2.00 bits per heavy atom. The van der Waals surface area contributed by atoms with Gasteiger partial charge in [-0.3, -0.25) is 0 Å². The van der Waals surface area contributed by atoms with Gasteiger partial charge in [-0.15, -0.1) is 0 Å². The largest absolute Gasteiger partial charge is 0.204 e. The zero-order chi connectivity index (χ0) is 9.68. The molecule has 0 radical (unpaired) electrons. The molecular formula is C10H9BrF2. The molecule has 0 amide bonds. The highest BCUT2D eigenvalue weighted by Gasteiger charge is 1.99. The Bertz CT molecular complexity index is 308. The Kier molecular flexibility index (Phi) is 4.09. The third-order valence-electron chi connectivity index (χ3n) is 1.53. The molecule has 0 fully saturated rings. The third-order valence-corrected chi connectivity index (χ3v) is 1.99. The molecule has 0 heterocycles. The molecule has 0 saturated carbocycles. The van der Waals surface area contributed by atoms with E-state index in [1.165, 1.54) is 6.07 Å². The number of halogens is 3. The molecule has 0 saturated heterocycles. The number of alkyl halides is 1. The first kappa shape index (κ1) is 10.4. The van der Waals surface area contributed by atoms with Crippen molar-refractivity contribution in [2.24, 2.45) is 0 Å². The average molecular weight is 247 g/mol. The smallest absolute Gasteiger partial charge is 0.159 e. The van der Waals surface area contributed by atoms with Crippen molar-refractivity contribution in [3.63, 3.8) is 0 Å². The number of benzene rings is 1. The van der Waals surface area contributed by atoms with Gasteiger partial charge in [-0.25, -0.2) is 8.78 Å². The maximum absolute atomic E-state index is 12.7. The summed E-state index contributed by atoms with van der Waals surface area (Å²) in [5.41, 5.74) is 0.680. The van der Waals surface area contributed by atoms with Gasteiger partial charge in [0.05, 0.1) is 0 Å². The van der Waals surface area contributed by atoms with Gasteiger partial charge in [-0.05, 0) is 24.1 Å². The summed E-state index contributed by atoms with van der Waals surface area (Å²) >= 11 is 3.26. The molecule has 1 aromatic rings. The van der Waals surface area contributed by atoms with E-state index in [1.54, 1.807) is 12.1 Å². The van der Waals surface area contributed by atoms with Gasteiger partial charge in [0.1, 0.15) is 0 Å². The van der Waals surface area contributed by atoms with Gasteiger partial charge in [-0.1, -0.05) is 34.1 Å². The lowest BCUT2D eigenvalue weighted by atomic mass is 10.2. The van der Waals surface area contributed by atoms with Gasteiger partial charge in [-0.2, -0.15) is 0 Å². The average Bonchev–Trinajstić information content (AvgIpc) is 2.12. The molecule has 0 aliphatic heterocycles. The van der Waals surface area contributed by atoms with Crippen LogP contribution in [0, 0.1) is 11.6 Å². The normalized spacial score (nSPS) is 11.0. The lowest BCUT2D eigenvalue weighted by Crippen LogP contribution is -1.83. The van der Waals surface area contributed by atoms with Crippen LogP contribution in [0.5, 0.6) is 0 Å². The Labute approximate surface area is 84.4 Å². The quantitative estimate of drug-likeness (QED) is 0.713. The van der Waals surface area contributed by atoms with Gasteiger partial charge in [0.2, 0.25) is 0 Å². The first-order chi connectivity index (χ1) is 6.24. The van der Waals surface area contributed by atoms with Crippen LogP contribution >= 0.6 is 15.9 Å². The van der Waals surface area contributed by atoms with Crippen molar-refractivity contribution in [1.82, 2.24) is 0 Å². The third kappa shape index (κ3) is 3.27. The van der Waals surface area contributed by atoms with Crippen LogP contribution in [0.2, 0.25) is 0 Å². The van der Waals surface area contributed by atoms with E-state index in [9.17, 15) is 8.78 Å². The van der Waals surface area contributed by atoms with Crippen molar-refractivity contribution < 1.29 is 8.78 Å². The predicted octanol–water partition coefficient (Wildman–Crippen LogP) is 3.76. The highest BCUT2D eigenvalue weighted by molar-refractivity contribution is 9.09. The molecule has 0 unspecified atom stereocenters. The fourth-order valence-electron chi connectivity index (χ4n) is 0.898. The van der Waals surface area contributed by atoms with Gasteiger partial charge < -0.3 is 0 Å². The summed E-state index contributed by atoms with van der Waals surface area (Å²) in [6.45, 7) is 0. The minimum Gasteiger partial charge on any atom is -0.204 e. The molecular weight excluding hydrogens is 238 g/mol. The molecule has 0 nitrogen and oxygen atoms in total. The zero-order valence-corrected chi connectivity index (χ0v) is 8.52. The molecule has 1 rings (SSSR count). The number of rotatable bonds is 3. The number of hydrogen-bond donors (Lipinski definition) is 0. The highest BCUT2D eigenvalue weighted by atomic mass is 79.9. The van der Waals surface area contributed by atoms with Crippen LogP contribution in [-0.4, -0.2) is 5.33 Å². The molecule has 0 aliphatic carbocycles. The van der Waals surface area contributed by atoms with Crippen molar-refractivity contribution in [2.45, 2.75) is 6.42 Å². The van der Waals surface area contributed by atoms with E-state index in [2.05, 4.69) is 15.9 Å². The summed E-state index contributed by atoms with van der Waals surface area (Å²) in [5, 5.41) is 0.868. The molecule has 0 atom stereocenters. The van der Waals surface area contributed by atoms with Crippen LogP contribution in [0.1, 0.15) is 12.0 Å². The van der Waals surface area contributed by atoms with Gasteiger partial charge in [0.15, 0.2) is 11.6 Å². The van der Waals surface area contributed by atoms with Crippen molar-refractivity contribution >= 4 is 22.0 Å². The van der Waals surface area contributed by atoms with Crippen LogP contribution in [0.4, 0.5) is 8.78 Å². The van der Waals surface area contributed by atoms with E-state index >= 15 is 0 Å². The summed E-state index contributed by atoms with van der Waals surface area (Å²) < 4.78 is 25.2. The van der Waals surface area contributed by atoms with Crippen molar-refractivity contribution in [3.05, 3.63) is 41.5 Å². The molecule has 0 bridgehead atoms. The van der Waals surface area contributed by atoms with Crippen molar-refractivity contribution in [3.8, 4) is 0 Å². The number of allylic oxidation sites excluding steroid dienone is 1. The van der Waals surface area contributed by atoms with Crippen molar-refractivity contribution in [2.75, 3.05) is 5.33 Å². The Morgan fingerprint density at radius 3 is 2.62 bits per heavy atom. The topological polar surface area (TPSA) is 0 Å². The summed E-state index contributed by atoms with van der Waals surface area (Å²) in [7, 11) is 0. The Balaban J connectivity index is 2.73. The maximum atomic E-state index is 12.7. The molecule has 70 valence electrons. The standard InChI is InChI=1S/C10H9BrF2/c11-6-2-1-3-8-4-5-9(12)10(13)7-8/h1,3-5,7H,2,6H2. The molecule has 3 heteroatoms. The second-order valence-electron chi connectivity index (χ2n) is 2.55. The van der Waals surface area contributed by atoms with Gasteiger partial charge in [0, 0.05) is 5.33 Å². The zero-order valence-electron chi connectivity index (χ0n) is 6.93. The van der Waals surface area contributed by atoms with Crippen molar-refractivity contribution in [1.29, 1.82) is 0 Å². The van der Waals surface area contributed by atoms with Crippen LogP contribution in [0.25, 0.3) is 6.08 Å². The summed E-state index contributed by atoms with van der Waals surface area (Å²) in [6, 6.07) is 3.85. The molecule has 1 aromatic carbocycles. The van der Waals surface area contributed by atoms with E-state index in [0.717, 1.165) is 17.8 Å². The molecule has 0 N–H and O–H groups in total. The van der Waals surface area contributed by atoms with Crippen LogP contribution in [0.15, 0.2) is 24.3 Å². The second-order valence-corrected chi connectivity index (χ2v) is 3.35. The summed E-state index contributed by atoms with van der Waals surface area (Å²) in [5.74, 6) is -1.61. The maximum Gasteiger partial charge on any atom is 0.159 e. The van der Waals surface area contributed by atoms with Gasteiger partial charge in [0.25, 0.3) is 0 Å². The van der Waals surface area contributed by atoms with Crippen LogP contribution < -0.4 is 0 Å². The van der Waals surface area contributed by atoms with E-state index in [4.69, 9.17) is 0 Å². The first-order valence-corrected chi connectivity index (χ1v) is 5.03. The molecule has 0 aliphatic rings. The van der Waals surface area contributed by atoms with Crippen LogP contribution in [-0.2, 0) is 0 Å². The Hall–Kier alpha value is -0.700. The Morgan fingerprint density at radius 1 is 1.23 bits per heavy atom. The predicted molar refractivity (Wildman–Crippen MR) is 53.8 cm³/mol. The summed E-state index contributed by atoms with van der Waals surface area (Å²) in [6.07, 6.45) is 4.55. The lowest BCUT2D eigenvalue weighted by Gasteiger charge is -1.94.